The van der Waals surface area contributed by atoms with E-state index in [9.17, 15) is 9.59 Å². The average molecular weight is 242 g/mol. The molecular formula is C12H22N2O3. The van der Waals surface area contributed by atoms with Crippen molar-refractivity contribution in [3.8, 4) is 0 Å². The summed E-state index contributed by atoms with van der Waals surface area (Å²) in [6, 6.07) is 0. The third-order valence-electron chi connectivity index (χ3n) is 3.24. The Morgan fingerprint density at radius 2 is 2.24 bits per heavy atom. The molecule has 1 aliphatic heterocycles. The minimum Gasteiger partial charge on any atom is -0.396 e. The maximum Gasteiger partial charge on any atom is 0.225 e. The Hall–Kier alpha value is -1.10. The molecule has 1 rings (SSSR count). The summed E-state index contributed by atoms with van der Waals surface area (Å²) in [5, 5.41) is 11.7. The number of aliphatic hydroxyl groups is 1. The summed E-state index contributed by atoms with van der Waals surface area (Å²) in [6.07, 6.45) is 0.958. The molecule has 0 bridgehead atoms. The second-order valence-electron chi connectivity index (χ2n) is 5.53. The fraction of sp³-hybridized carbons (Fsp3) is 0.833. The number of hydrogen-bond donors (Lipinski definition) is 2. The van der Waals surface area contributed by atoms with Crippen LogP contribution in [-0.4, -0.2) is 48.6 Å². The van der Waals surface area contributed by atoms with Crippen LogP contribution in [0.25, 0.3) is 0 Å². The van der Waals surface area contributed by atoms with E-state index < -0.39 is 0 Å². The van der Waals surface area contributed by atoms with Gasteiger partial charge in [0.2, 0.25) is 11.8 Å². The maximum absolute atomic E-state index is 11.8. The maximum atomic E-state index is 11.8. The van der Waals surface area contributed by atoms with Gasteiger partial charge in [0.15, 0.2) is 0 Å². The SMILES string of the molecule is CN1CC(C(=O)NCC(C)(C)CCO)CC1=O. The largest absolute Gasteiger partial charge is 0.396 e. The molecule has 1 saturated heterocycles. The van der Waals surface area contributed by atoms with Gasteiger partial charge in [-0.05, 0) is 11.8 Å². The lowest BCUT2D eigenvalue weighted by Crippen LogP contribution is -2.38. The lowest BCUT2D eigenvalue weighted by Gasteiger charge is -2.24. The van der Waals surface area contributed by atoms with E-state index in [1.807, 2.05) is 13.8 Å². The van der Waals surface area contributed by atoms with Crippen LogP contribution in [0.2, 0.25) is 0 Å². The van der Waals surface area contributed by atoms with Crippen LogP contribution in [0, 0.1) is 11.3 Å². The topological polar surface area (TPSA) is 69.6 Å². The first kappa shape index (κ1) is 14.0. The monoisotopic (exact) mass is 242 g/mol. The number of carbonyl (C=O) groups is 2. The predicted octanol–water partition coefficient (Wildman–Crippen LogP) is -0.0105. The van der Waals surface area contributed by atoms with E-state index >= 15 is 0 Å². The van der Waals surface area contributed by atoms with E-state index in [1.54, 1.807) is 11.9 Å². The van der Waals surface area contributed by atoms with Gasteiger partial charge in [-0.25, -0.2) is 0 Å². The number of amides is 2. The van der Waals surface area contributed by atoms with Crippen LogP contribution in [0.1, 0.15) is 26.7 Å². The third kappa shape index (κ3) is 4.00. The van der Waals surface area contributed by atoms with Gasteiger partial charge in [0.1, 0.15) is 0 Å². The number of nitrogens with one attached hydrogen (secondary N) is 1. The lowest BCUT2D eigenvalue weighted by molar-refractivity contribution is -0.128. The first-order valence-corrected chi connectivity index (χ1v) is 5.98. The molecule has 0 aromatic heterocycles. The number of hydrogen-bond acceptors (Lipinski definition) is 3. The average Bonchev–Trinajstić information content (AvgIpc) is 2.56. The van der Waals surface area contributed by atoms with Crippen LogP contribution in [-0.2, 0) is 9.59 Å². The molecule has 1 atom stereocenters. The summed E-state index contributed by atoms with van der Waals surface area (Å²) in [6.45, 7) is 5.14. The highest BCUT2D eigenvalue weighted by Gasteiger charge is 2.32. The third-order valence-corrected chi connectivity index (χ3v) is 3.24. The zero-order valence-corrected chi connectivity index (χ0v) is 10.8. The van der Waals surface area contributed by atoms with Crippen molar-refractivity contribution in [2.24, 2.45) is 11.3 Å². The van der Waals surface area contributed by atoms with Gasteiger partial charge in [-0.3, -0.25) is 9.59 Å². The number of nitrogens with zero attached hydrogens (tertiary/aromatic N) is 1. The quantitative estimate of drug-likeness (QED) is 0.712. The Morgan fingerprint density at radius 3 is 2.71 bits per heavy atom. The van der Waals surface area contributed by atoms with Gasteiger partial charge >= 0.3 is 0 Å². The lowest BCUT2D eigenvalue weighted by atomic mass is 9.89. The molecule has 17 heavy (non-hydrogen) atoms. The van der Waals surface area contributed by atoms with Crippen molar-refractivity contribution in [2.45, 2.75) is 26.7 Å². The molecule has 0 aliphatic carbocycles. The minimum absolute atomic E-state index is 0.0276. The van der Waals surface area contributed by atoms with Gasteiger partial charge in [0.05, 0.1) is 5.92 Å². The zero-order valence-electron chi connectivity index (χ0n) is 10.8. The highest BCUT2D eigenvalue weighted by molar-refractivity contribution is 5.89. The molecule has 2 N–H and O–H groups in total. The number of rotatable bonds is 5. The standard InChI is InChI=1S/C12H22N2O3/c1-12(2,4-5-15)8-13-11(17)9-6-10(16)14(3)7-9/h9,15H,4-8H2,1-3H3,(H,13,17). The van der Waals surface area contributed by atoms with E-state index in [0.717, 1.165) is 0 Å². The van der Waals surface area contributed by atoms with E-state index in [-0.39, 0.29) is 29.8 Å². The van der Waals surface area contributed by atoms with Crippen LogP contribution in [0.4, 0.5) is 0 Å². The van der Waals surface area contributed by atoms with Crippen LogP contribution < -0.4 is 5.32 Å². The second kappa shape index (κ2) is 5.49. The molecule has 0 aromatic rings. The zero-order chi connectivity index (χ0) is 13.1. The molecule has 0 saturated carbocycles. The Bertz CT molecular complexity index is 302. The van der Waals surface area contributed by atoms with Crippen molar-refractivity contribution < 1.29 is 14.7 Å². The molecule has 1 heterocycles. The molecule has 1 aliphatic rings. The fourth-order valence-electron chi connectivity index (χ4n) is 1.90. The van der Waals surface area contributed by atoms with Crippen molar-refractivity contribution in [1.82, 2.24) is 10.2 Å². The van der Waals surface area contributed by atoms with Gasteiger partial charge in [0.25, 0.3) is 0 Å². The van der Waals surface area contributed by atoms with Crippen molar-refractivity contribution in [3.05, 3.63) is 0 Å². The summed E-state index contributed by atoms with van der Waals surface area (Å²) >= 11 is 0. The van der Waals surface area contributed by atoms with Gasteiger partial charge in [0, 0.05) is 33.2 Å². The van der Waals surface area contributed by atoms with Gasteiger partial charge in [-0.15, -0.1) is 0 Å². The molecule has 98 valence electrons. The molecule has 0 spiro atoms. The first-order chi connectivity index (χ1) is 7.85. The number of carbonyl (C=O) groups excluding carboxylic acids is 2. The highest BCUT2D eigenvalue weighted by Crippen LogP contribution is 2.20. The van der Waals surface area contributed by atoms with Gasteiger partial charge in [-0.2, -0.15) is 0 Å². The van der Waals surface area contributed by atoms with Crippen molar-refractivity contribution >= 4 is 11.8 Å². The Labute approximate surface area is 102 Å². The number of likely N-dealkylation sites (tertiary alicyclic amines) is 1. The van der Waals surface area contributed by atoms with Crippen LogP contribution >= 0.6 is 0 Å². The highest BCUT2D eigenvalue weighted by atomic mass is 16.3. The predicted molar refractivity (Wildman–Crippen MR) is 64.2 cm³/mol. The summed E-state index contributed by atoms with van der Waals surface area (Å²) in [5.41, 5.74) is -0.112. The van der Waals surface area contributed by atoms with Gasteiger partial charge in [-0.1, -0.05) is 13.8 Å². The van der Waals surface area contributed by atoms with Crippen LogP contribution in [0.15, 0.2) is 0 Å². The second-order valence-corrected chi connectivity index (χ2v) is 5.53. The summed E-state index contributed by atoms with van der Waals surface area (Å²) in [5.74, 6) is -0.258. The summed E-state index contributed by atoms with van der Waals surface area (Å²) < 4.78 is 0. The van der Waals surface area contributed by atoms with Crippen molar-refractivity contribution in [2.75, 3.05) is 26.7 Å². The summed E-state index contributed by atoms with van der Waals surface area (Å²) in [4.78, 5) is 24.7. The van der Waals surface area contributed by atoms with E-state index in [1.165, 1.54) is 0 Å². The molecule has 5 nitrogen and oxygen atoms in total. The first-order valence-electron chi connectivity index (χ1n) is 5.98. The molecule has 0 aromatic carbocycles. The van der Waals surface area contributed by atoms with Crippen molar-refractivity contribution in [3.63, 3.8) is 0 Å². The number of aliphatic hydroxyl groups excluding tert-OH is 1. The molecule has 1 fully saturated rings. The summed E-state index contributed by atoms with van der Waals surface area (Å²) in [7, 11) is 1.71. The Morgan fingerprint density at radius 1 is 1.59 bits per heavy atom. The Balaban J connectivity index is 2.38. The molecule has 2 amide bonds. The Kier molecular flexibility index (Phi) is 4.51. The normalized spacial score (nSPS) is 20.8. The van der Waals surface area contributed by atoms with Crippen molar-refractivity contribution in [1.29, 1.82) is 0 Å². The molecular weight excluding hydrogens is 220 g/mol. The smallest absolute Gasteiger partial charge is 0.225 e. The van der Waals surface area contributed by atoms with E-state index in [0.29, 0.717) is 25.9 Å². The van der Waals surface area contributed by atoms with Crippen LogP contribution in [0.5, 0.6) is 0 Å². The van der Waals surface area contributed by atoms with Gasteiger partial charge < -0.3 is 15.3 Å². The molecule has 5 heteroatoms. The van der Waals surface area contributed by atoms with E-state index in [4.69, 9.17) is 5.11 Å². The fourth-order valence-corrected chi connectivity index (χ4v) is 1.90. The minimum atomic E-state index is -0.225. The van der Waals surface area contributed by atoms with E-state index in [2.05, 4.69) is 5.32 Å². The molecule has 0 radical (unpaired) electrons. The molecule has 1 unspecified atom stereocenters. The van der Waals surface area contributed by atoms with Crippen LogP contribution in [0.3, 0.4) is 0 Å².